The Morgan fingerprint density at radius 2 is 1.86 bits per heavy atom. The molecule has 2 aromatic rings. The highest BCUT2D eigenvalue weighted by Crippen LogP contribution is 2.29. The van der Waals surface area contributed by atoms with Gasteiger partial charge >= 0.3 is 0 Å². The Balaban J connectivity index is 2.21. The molecule has 0 fully saturated rings. The van der Waals surface area contributed by atoms with Gasteiger partial charge in [0.1, 0.15) is 5.82 Å². The Kier molecular flexibility index (Phi) is 4.88. The summed E-state index contributed by atoms with van der Waals surface area (Å²) < 4.78 is 13.9. The fourth-order valence-electron chi connectivity index (χ4n) is 2.25. The number of rotatable bonds is 4. The first-order valence-electron chi connectivity index (χ1n) is 6.88. The Labute approximate surface area is 134 Å². The monoisotopic (exact) mass is 350 g/mol. The first-order valence-corrected chi connectivity index (χ1v) is 7.67. The molecular formula is C17H20BrFN2. The highest BCUT2D eigenvalue weighted by atomic mass is 79.9. The molecule has 0 aliphatic carbocycles. The third-order valence-electron chi connectivity index (χ3n) is 3.53. The van der Waals surface area contributed by atoms with Gasteiger partial charge in [0.2, 0.25) is 0 Å². The average Bonchev–Trinajstić information content (AvgIpc) is 2.40. The summed E-state index contributed by atoms with van der Waals surface area (Å²) in [6.07, 6.45) is 0. The highest BCUT2D eigenvalue weighted by Gasteiger charge is 2.11. The number of hydrogen-bond acceptors (Lipinski definition) is 2. The zero-order chi connectivity index (χ0) is 15.6. The van der Waals surface area contributed by atoms with E-state index in [1.165, 1.54) is 23.4 Å². The highest BCUT2D eigenvalue weighted by molar-refractivity contribution is 9.10. The predicted molar refractivity (Wildman–Crippen MR) is 91.6 cm³/mol. The zero-order valence-corrected chi connectivity index (χ0v) is 14.3. The maximum absolute atomic E-state index is 13.2. The maximum atomic E-state index is 13.2. The third kappa shape index (κ3) is 3.76. The Morgan fingerprint density at radius 3 is 2.43 bits per heavy atom. The van der Waals surface area contributed by atoms with Crippen LogP contribution in [0, 0.1) is 12.7 Å². The molecule has 2 rings (SSSR count). The van der Waals surface area contributed by atoms with Gasteiger partial charge in [0.25, 0.3) is 0 Å². The number of nitrogens with zero attached hydrogens (tertiary/aromatic N) is 1. The van der Waals surface area contributed by atoms with Crippen LogP contribution in [0.2, 0.25) is 0 Å². The summed E-state index contributed by atoms with van der Waals surface area (Å²) >= 11 is 3.42. The van der Waals surface area contributed by atoms with Gasteiger partial charge in [0, 0.05) is 36.0 Å². The van der Waals surface area contributed by atoms with Crippen molar-refractivity contribution in [1.82, 2.24) is 0 Å². The van der Waals surface area contributed by atoms with Crippen LogP contribution in [0.25, 0.3) is 0 Å². The Bertz CT molecular complexity index is 641. The summed E-state index contributed by atoms with van der Waals surface area (Å²) in [6.45, 7) is 4.15. The lowest BCUT2D eigenvalue weighted by Crippen LogP contribution is -2.11. The van der Waals surface area contributed by atoms with E-state index >= 15 is 0 Å². The van der Waals surface area contributed by atoms with Gasteiger partial charge in [-0.25, -0.2) is 4.39 Å². The average molecular weight is 351 g/mol. The molecule has 2 aromatic carbocycles. The summed E-state index contributed by atoms with van der Waals surface area (Å²) in [6, 6.07) is 11.2. The summed E-state index contributed by atoms with van der Waals surface area (Å²) in [5.41, 5.74) is 4.48. The molecule has 0 aromatic heterocycles. The van der Waals surface area contributed by atoms with Crippen molar-refractivity contribution in [2.24, 2.45) is 0 Å². The number of benzene rings is 2. The van der Waals surface area contributed by atoms with Crippen molar-refractivity contribution >= 4 is 27.3 Å². The van der Waals surface area contributed by atoms with E-state index in [9.17, 15) is 4.39 Å². The lowest BCUT2D eigenvalue weighted by molar-refractivity contribution is 0.625. The topological polar surface area (TPSA) is 15.3 Å². The lowest BCUT2D eigenvalue weighted by Gasteiger charge is -2.20. The van der Waals surface area contributed by atoms with Gasteiger partial charge < -0.3 is 10.2 Å². The van der Waals surface area contributed by atoms with Gasteiger partial charge in [0.15, 0.2) is 0 Å². The van der Waals surface area contributed by atoms with E-state index in [-0.39, 0.29) is 11.9 Å². The molecule has 0 aliphatic rings. The minimum atomic E-state index is -0.232. The van der Waals surface area contributed by atoms with Gasteiger partial charge in [-0.15, -0.1) is 0 Å². The molecule has 0 aliphatic heterocycles. The molecule has 0 heterocycles. The standard InChI is InChI=1S/C17H20BrFN2/c1-11-9-14(21(3)4)6-8-17(11)20-12(2)15-7-5-13(19)10-16(15)18/h5-10,12,20H,1-4H3. The smallest absolute Gasteiger partial charge is 0.124 e. The minimum absolute atomic E-state index is 0.0869. The van der Waals surface area contributed by atoms with E-state index in [1.54, 1.807) is 6.07 Å². The molecule has 0 amide bonds. The van der Waals surface area contributed by atoms with E-state index in [1.807, 2.05) is 14.1 Å². The Morgan fingerprint density at radius 1 is 1.14 bits per heavy atom. The fraction of sp³-hybridized carbons (Fsp3) is 0.294. The molecule has 112 valence electrons. The van der Waals surface area contributed by atoms with Crippen LogP contribution in [0.5, 0.6) is 0 Å². The first-order chi connectivity index (χ1) is 9.88. The predicted octanol–water partition coefficient (Wildman–Crippen LogP) is 5.14. The summed E-state index contributed by atoms with van der Waals surface area (Å²) in [5, 5.41) is 3.48. The molecule has 21 heavy (non-hydrogen) atoms. The molecule has 2 nitrogen and oxygen atoms in total. The van der Waals surface area contributed by atoms with Crippen molar-refractivity contribution < 1.29 is 4.39 Å². The number of hydrogen-bond donors (Lipinski definition) is 1. The molecule has 1 N–H and O–H groups in total. The van der Waals surface area contributed by atoms with Crippen LogP contribution in [-0.2, 0) is 0 Å². The summed E-state index contributed by atoms with van der Waals surface area (Å²) in [4.78, 5) is 2.08. The van der Waals surface area contributed by atoms with Crippen LogP contribution in [0.15, 0.2) is 40.9 Å². The van der Waals surface area contributed by atoms with Crippen LogP contribution in [0.4, 0.5) is 15.8 Å². The van der Waals surface area contributed by atoms with Gasteiger partial charge in [0.05, 0.1) is 0 Å². The second kappa shape index (κ2) is 6.48. The largest absolute Gasteiger partial charge is 0.378 e. The van der Waals surface area contributed by atoms with Crippen LogP contribution in [-0.4, -0.2) is 14.1 Å². The van der Waals surface area contributed by atoms with E-state index in [0.29, 0.717) is 0 Å². The molecule has 1 unspecified atom stereocenters. The van der Waals surface area contributed by atoms with Crippen molar-refractivity contribution in [1.29, 1.82) is 0 Å². The minimum Gasteiger partial charge on any atom is -0.378 e. The normalized spacial score (nSPS) is 12.1. The first kappa shape index (κ1) is 15.8. The molecular weight excluding hydrogens is 331 g/mol. The molecule has 0 radical (unpaired) electrons. The van der Waals surface area contributed by atoms with E-state index in [0.717, 1.165) is 15.7 Å². The van der Waals surface area contributed by atoms with E-state index in [2.05, 4.69) is 58.2 Å². The molecule has 0 saturated carbocycles. The molecule has 0 saturated heterocycles. The summed E-state index contributed by atoms with van der Waals surface area (Å²) in [7, 11) is 4.06. The number of anilines is 2. The Hall–Kier alpha value is -1.55. The van der Waals surface area contributed by atoms with Crippen LogP contribution >= 0.6 is 15.9 Å². The van der Waals surface area contributed by atoms with Gasteiger partial charge in [-0.2, -0.15) is 0 Å². The van der Waals surface area contributed by atoms with Crippen LogP contribution < -0.4 is 10.2 Å². The fourth-order valence-corrected chi connectivity index (χ4v) is 2.95. The lowest BCUT2D eigenvalue weighted by atomic mass is 10.1. The number of aryl methyl sites for hydroxylation is 1. The number of nitrogens with one attached hydrogen (secondary N) is 1. The van der Waals surface area contributed by atoms with Gasteiger partial charge in [-0.1, -0.05) is 22.0 Å². The van der Waals surface area contributed by atoms with E-state index in [4.69, 9.17) is 0 Å². The second-order valence-electron chi connectivity index (χ2n) is 5.43. The summed E-state index contributed by atoms with van der Waals surface area (Å²) in [5.74, 6) is -0.232. The number of halogens is 2. The van der Waals surface area contributed by atoms with Gasteiger partial charge in [-0.05, 0) is 55.3 Å². The van der Waals surface area contributed by atoms with E-state index < -0.39 is 0 Å². The van der Waals surface area contributed by atoms with Crippen LogP contribution in [0.3, 0.4) is 0 Å². The molecule has 4 heteroatoms. The SMILES string of the molecule is Cc1cc(N(C)C)ccc1NC(C)c1ccc(F)cc1Br. The quantitative estimate of drug-likeness (QED) is 0.821. The molecule has 0 bridgehead atoms. The third-order valence-corrected chi connectivity index (χ3v) is 4.21. The van der Waals surface area contributed by atoms with Crippen molar-refractivity contribution in [3.05, 3.63) is 57.8 Å². The molecule has 0 spiro atoms. The molecule has 1 atom stereocenters. The van der Waals surface area contributed by atoms with Crippen molar-refractivity contribution in [2.45, 2.75) is 19.9 Å². The van der Waals surface area contributed by atoms with Gasteiger partial charge in [-0.3, -0.25) is 0 Å². The van der Waals surface area contributed by atoms with Crippen molar-refractivity contribution in [2.75, 3.05) is 24.3 Å². The zero-order valence-electron chi connectivity index (χ0n) is 12.7. The van der Waals surface area contributed by atoms with Crippen molar-refractivity contribution in [3.63, 3.8) is 0 Å². The second-order valence-corrected chi connectivity index (χ2v) is 6.28. The maximum Gasteiger partial charge on any atom is 0.124 e. The van der Waals surface area contributed by atoms with Crippen molar-refractivity contribution in [3.8, 4) is 0 Å². The van der Waals surface area contributed by atoms with Crippen LogP contribution in [0.1, 0.15) is 24.1 Å².